The van der Waals surface area contributed by atoms with Gasteiger partial charge in [0.15, 0.2) is 0 Å². The van der Waals surface area contributed by atoms with Gasteiger partial charge < -0.3 is 10.1 Å². The van der Waals surface area contributed by atoms with Crippen molar-refractivity contribution in [2.75, 3.05) is 13.2 Å². The zero-order valence-electron chi connectivity index (χ0n) is 14.4. The quantitative estimate of drug-likeness (QED) is 0.803. The summed E-state index contributed by atoms with van der Waals surface area (Å²) in [6.45, 7) is 15.6. The number of hydrogen-bond donors (Lipinski definition) is 1. The van der Waals surface area contributed by atoms with E-state index in [9.17, 15) is 0 Å². The average Bonchev–Trinajstić information content (AvgIpc) is 2.91. The molecule has 21 heavy (non-hydrogen) atoms. The van der Waals surface area contributed by atoms with Gasteiger partial charge in [-0.2, -0.15) is 0 Å². The molecule has 1 aliphatic rings. The molecule has 0 spiro atoms. The van der Waals surface area contributed by atoms with Crippen LogP contribution in [-0.2, 0) is 10.2 Å². The Labute approximate surface area is 134 Å². The second-order valence-corrected chi connectivity index (χ2v) is 9.02. The summed E-state index contributed by atoms with van der Waals surface area (Å²) in [7, 11) is 0. The molecule has 0 saturated heterocycles. The van der Waals surface area contributed by atoms with Gasteiger partial charge in [-0.05, 0) is 23.8 Å². The van der Waals surface area contributed by atoms with Crippen molar-refractivity contribution in [3.05, 3.63) is 22.4 Å². The Hall–Kier alpha value is -0.380. The SMILES string of the molecule is CC(C)COC1CC(NCC(C)(C)c2cccs2)C1(C)C. The third-order valence-corrected chi connectivity index (χ3v) is 6.02. The van der Waals surface area contributed by atoms with Crippen LogP contribution in [0.4, 0.5) is 0 Å². The van der Waals surface area contributed by atoms with Crippen LogP contribution in [0.15, 0.2) is 17.5 Å². The molecule has 1 aromatic heterocycles. The number of ether oxygens (including phenoxy) is 1. The van der Waals surface area contributed by atoms with Crippen LogP contribution in [0.3, 0.4) is 0 Å². The number of thiophene rings is 1. The van der Waals surface area contributed by atoms with Crippen molar-refractivity contribution in [3.8, 4) is 0 Å². The Morgan fingerprint density at radius 3 is 2.67 bits per heavy atom. The molecule has 1 aromatic rings. The van der Waals surface area contributed by atoms with E-state index in [4.69, 9.17) is 4.74 Å². The standard InChI is InChI=1S/C18H31NOS/c1-13(2)11-20-15-10-14(18(15,5)6)19-12-17(3,4)16-8-7-9-21-16/h7-9,13-15,19H,10-12H2,1-6H3. The highest BCUT2D eigenvalue weighted by molar-refractivity contribution is 7.10. The first-order valence-corrected chi connectivity index (χ1v) is 9.00. The molecule has 2 nitrogen and oxygen atoms in total. The second-order valence-electron chi connectivity index (χ2n) is 8.07. The lowest BCUT2D eigenvalue weighted by molar-refractivity contribution is -0.124. The smallest absolute Gasteiger partial charge is 0.0656 e. The first kappa shape index (κ1) is 17.0. The minimum atomic E-state index is 0.203. The molecule has 3 heteroatoms. The zero-order valence-corrected chi connectivity index (χ0v) is 15.2. The molecule has 0 aliphatic heterocycles. The molecule has 0 radical (unpaired) electrons. The van der Waals surface area contributed by atoms with E-state index in [2.05, 4.69) is 64.4 Å². The summed E-state index contributed by atoms with van der Waals surface area (Å²) >= 11 is 1.85. The van der Waals surface area contributed by atoms with E-state index in [1.165, 1.54) is 4.88 Å². The molecule has 2 atom stereocenters. The van der Waals surface area contributed by atoms with E-state index in [1.54, 1.807) is 0 Å². The van der Waals surface area contributed by atoms with Gasteiger partial charge in [0, 0.05) is 34.9 Å². The van der Waals surface area contributed by atoms with Crippen LogP contribution in [0.5, 0.6) is 0 Å². The van der Waals surface area contributed by atoms with Gasteiger partial charge in [-0.1, -0.05) is 47.6 Å². The zero-order chi connectivity index (χ0) is 15.7. The minimum absolute atomic E-state index is 0.203. The van der Waals surface area contributed by atoms with E-state index in [0.717, 1.165) is 19.6 Å². The molecule has 2 rings (SSSR count). The number of hydrogen-bond acceptors (Lipinski definition) is 3. The van der Waals surface area contributed by atoms with Gasteiger partial charge in [0.2, 0.25) is 0 Å². The van der Waals surface area contributed by atoms with Crippen molar-refractivity contribution >= 4 is 11.3 Å². The largest absolute Gasteiger partial charge is 0.377 e. The van der Waals surface area contributed by atoms with Crippen molar-refractivity contribution in [3.63, 3.8) is 0 Å². The third kappa shape index (κ3) is 3.88. The lowest BCUT2D eigenvalue weighted by atomic mass is 9.64. The maximum absolute atomic E-state index is 6.05. The van der Waals surface area contributed by atoms with Crippen LogP contribution in [0.25, 0.3) is 0 Å². The summed E-state index contributed by atoms with van der Waals surface area (Å²) in [4.78, 5) is 1.46. The van der Waals surface area contributed by atoms with Crippen molar-refractivity contribution in [2.24, 2.45) is 11.3 Å². The fraction of sp³-hybridized carbons (Fsp3) is 0.778. The van der Waals surface area contributed by atoms with Gasteiger partial charge in [0.25, 0.3) is 0 Å². The molecule has 120 valence electrons. The van der Waals surface area contributed by atoms with Crippen molar-refractivity contribution in [1.82, 2.24) is 5.32 Å². The van der Waals surface area contributed by atoms with E-state index in [-0.39, 0.29) is 10.8 Å². The molecule has 1 fully saturated rings. The van der Waals surface area contributed by atoms with E-state index in [0.29, 0.717) is 18.1 Å². The Kier molecular flexibility index (Phi) is 5.17. The first-order valence-electron chi connectivity index (χ1n) is 8.12. The lowest BCUT2D eigenvalue weighted by Gasteiger charge is -2.52. The first-order chi connectivity index (χ1) is 9.73. The lowest BCUT2D eigenvalue weighted by Crippen LogP contribution is -2.62. The number of rotatable bonds is 7. The van der Waals surface area contributed by atoms with E-state index >= 15 is 0 Å². The van der Waals surface area contributed by atoms with Gasteiger partial charge in [0.1, 0.15) is 0 Å². The molecule has 1 saturated carbocycles. The molecule has 1 aliphatic carbocycles. The second kappa shape index (κ2) is 6.39. The maximum Gasteiger partial charge on any atom is 0.0656 e. The average molecular weight is 310 g/mol. The van der Waals surface area contributed by atoms with Gasteiger partial charge in [-0.3, -0.25) is 0 Å². The Bertz CT molecular complexity index is 436. The topological polar surface area (TPSA) is 21.3 Å². The van der Waals surface area contributed by atoms with Crippen LogP contribution in [0.2, 0.25) is 0 Å². The molecule has 0 amide bonds. The molecular weight excluding hydrogens is 278 g/mol. The van der Waals surface area contributed by atoms with Crippen LogP contribution in [-0.4, -0.2) is 25.3 Å². The van der Waals surface area contributed by atoms with Crippen molar-refractivity contribution < 1.29 is 4.74 Å². The van der Waals surface area contributed by atoms with Gasteiger partial charge in [0.05, 0.1) is 6.10 Å². The Balaban J connectivity index is 1.83. The molecule has 1 heterocycles. The van der Waals surface area contributed by atoms with Crippen LogP contribution >= 0.6 is 11.3 Å². The summed E-state index contributed by atoms with van der Waals surface area (Å²) in [5.41, 5.74) is 0.439. The van der Waals surface area contributed by atoms with E-state index in [1.807, 2.05) is 11.3 Å². The monoisotopic (exact) mass is 309 g/mol. The van der Waals surface area contributed by atoms with Crippen LogP contribution < -0.4 is 5.32 Å². The Morgan fingerprint density at radius 2 is 2.14 bits per heavy atom. The third-order valence-electron chi connectivity index (χ3n) is 4.79. The highest BCUT2D eigenvalue weighted by atomic mass is 32.1. The highest BCUT2D eigenvalue weighted by Crippen LogP contribution is 2.43. The minimum Gasteiger partial charge on any atom is -0.377 e. The maximum atomic E-state index is 6.05. The van der Waals surface area contributed by atoms with Crippen LogP contribution in [0.1, 0.15) is 52.8 Å². The molecular formula is C18H31NOS. The summed E-state index contributed by atoms with van der Waals surface area (Å²) in [6.07, 6.45) is 1.54. The van der Waals surface area contributed by atoms with E-state index < -0.39 is 0 Å². The summed E-state index contributed by atoms with van der Waals surface area (Å²) in [6, 6.07) is 4.95. The molecule has 2 unspecified atom stereocenters. The Morgan fingerprint density at radius 1 is 1.43 bits per heavy atom. The van der Waals surface area contributed by atoms with Crippen molar-refractivity contribution in [2.45, 2.75) is 65.5 Å². The molecule has 1 N–H and O–H groups in total. The number of nitrogens with one attached hydrogen (secondary N) is 1. The normalized spacial score (nSPS) is 25.1. The molecule has 0 bridgehead atoms. The van der Waals surface area contributed by atoms with Gasteiger partial charge in [-0.25, -0.2) is 0 Å². The summed E-state index contributed by atoms with van der Waals surface area (Å²) in [5.74, 6) is 0.616. The van der Waals surface area contributed by atoms with Crippen molar-refractivity contribution in [1.29, 1.82) is 0 Å². The fourth-order valence-electron chi connectivity index (χ4n) is 2.95. The van der Waals surface area contributed by atoms with Gasteiger partial charge >= 0.3 is 0 Å². The predicted molar refractivity (Wildman–Crippen MR) is 92.1 cm³/mol. The highest BCUT2D eigenvalue weighted by Gasteiger charge is 2.49. The van der Waals surface area contributed by atoms with Gasteiger partial charge in [-0.15, -0.1) is 11.3 Å². The predicted octanol–water partition coefficient (Wildman–Crippen LogP) is 4.46. The molecule has 0 aromatic carbocycles. The summed E-state index contributed by atoms with van der Waals surface area (Å²) in [5, 5.41) is 5.95. The van der Waals surface area contributed by atoms with Crippen LogP contribution in [0, 0.1) is 11.3 Å². The fourth-order valence-corrected chi connectivity index (χ4v) is 3.80. The summed E-state index contributed by atoms with van der Waals surface area (Å²) < 4.78 is 6.05.